The number of aromatic nitrogens is 1. The van der Waals surface area contributed by atoms with Gasteiger partial charge in [0.1, 0.15) is 0 Å². The van der Waals surface area contributed by atoms with Crippen LogP contribution >= 0.6 is 0 Å². The molecule has 1 heterocycles. The number of aryl methyl sites for hydroxylation is 1. The zero-order chi connectivity index (χ0) is 12.6. The maximum Gasteiger partial charge on any atom is 0.0727 e. The van der Waals surface area contributed by atoms with Crippen molar-refractivity contribution in [3.05, 3.63) is 29.5 Å². The largest absolute Gasteiger partial charge is 0.387 e. The number of fused-ring (bicyclic) bond motifs is 1. The fourth-order valence-electron chi connectivity index (χ4n) is 2.07. The van der Waals surface area contributed by atoms with Gasteiger partial charge in [0.15, 0.2) is 0 Å². The monoisotopic (exact) mass is 229 g/mol. The van der Waals surface area contributed by atoms with E-state index in [1.807, 2.05) is 7.05 Å². The molecule has 2 rings (SSSR count). The number of nitrogens with one attached hydrogen (secondary N) is 1. The summed E-state index contributed by atoms with van der Waals surface area (Å²) in [6.45, 7) is 4.16. The molecule has 1 aromatic heterocycles. The molecule has 0 aliphatic heterocycles. The maximum absolute atomic E-state index is 4.63. The van der Waals surface area contributed by atoms with Crippen LogP contribution in [0.2, 0.25) is 0 Å². The predicted octanol–water partition coefficient (Wildman–Crippen LogP) is 2.96. The lowest BCUT2D eigenvalue weighted by molar-refractivity contribution is 1.13. The summed E-state index contributed by atoms with van der Waals surface area (Å²) in [5.74, 6) is 0. The van der Waals surface area contributed by atoms with E-state index in [1.165, 1.54) is 22.3 Å². The van der Waals surface area contributed by atoms with Gasteiger partial charge in [0.2, 0.25) is 0 Å². The van der Waals surface area contributed by atoms with Crippen molar-refractivity contribution in [1.29, 1.82) is 0 Å². The lowest BCUT2D eigenvalue weighted by Crippen LogP contribution is -2.08. The number of benzene rings is 1. The zero-order valence-corrected chi connectivity index (χ0v) is 11.1. The van der Waals surface area contributed by atoms with E-state index >= 15 is 0 Å². The lowest BCUT2D eigenvalue weighted by Gasteiger charge is -2.16. The molecule has 3 nitrogen and oxygen atoms in total. The summed E-state index contributed by atoms with van der Waals surface area (Å²) < 4.78 is 0. The van der Waals surface area contributed by atoms with E-state index in [0.29, 0.717) is 0 Å². The van der Waals surface area contributed by atoms with Gasteiger partial charge >= 0.3 is 0 Å². The van der Waals surface area contributed by atoms with E-state index < -0.39 is 0 Å². The summed E-state index contributed by atoms with van der Waals surface area (Å²) in [6.07, 6.45) is 0. The summed E-state index contributed by atoms with van der Waals surface area (Å²) in [5.41, 5.74) is 5.72. The molecule has 0 amide bonds. The number of hydrogen-bond donors (Lipinski definition) is 1. The van der Waals surface area contributed by atoms with Gasteiger partial charge in [-0.3, -0.25) is 4.98 Å². The molecule has 0 spiro atoms. The third-order valence-corrected chi connectivity index (χ3v) is 3.22. The Bertz CT molecular complexity index is 559. The van der Waals surface area contributed by atoms with Crippen molar-refractivity contribution in [2.75, 3.05) is 31.4 Å². The van der Waals surface area contributed by atoms with Crippen LogP contribution in [0.25, 0.3) is 10.9 Å². The molecule has 0 fully saturated rings. The number of rotatable bonds is 2. The van der Waals surface area contributed by atoms with Crippen molar-refractivity contribution >= 4 is 22.3 Å². The molecular formula is C14H19N3. The van der Waals surface area contributed by atoms with Crippen molar-refractivity contribution in [3.63, 3.8) is 0 Å². The van der Waals surface area contributed by atoms with Crippen LogP contribution in [-0.2, 0) is 0 Å². The molecule has 0 atom stereocenters. The van der Waals surface area contributed by atoms with Crippen LogP contribution in [0, 0.1) is 13.8 Å². The second kappa shape index (κ2) is 4.24. The highest BCUT2D eigenvalue weighted by molar-refractivity contribution is 5.95. The maximum atomic E-state index is 4.63. The highest BCUT2D eigenvalue weighted by Crippen LogP contribution is 2.30. The van der Waals surface area contributed by atoms with Crippen LogP contribution in [0.3, 0.4) is 0 Å². The summed E-state index contributed by atoms with van der Waals surface area (Å²) in [7, 11) is 6.06. The summed E-state index contributed by atoms with van der Waals surface area (Å²) in [4.78, 5) is 6.73. The predicted molar refractivity (Wildman–Crippen MR) is 75.1 cm³/mol. The highest BCUT2D eigenvalue weighted by atomic mass is 15.1. The second-order valence-corrected chi connectivity index (χ2v) is 4.54. The van der Waals surface area contributed by atoms with Crippen molar-refractivity contribution < 1.29 is 0 Å². The first kappa shape index (κ1) is 11.7. The molecule has 2 aromatic rings. The Kier molecular flexibility index (Phi) is 2.92. The van der Waals surface area contributed by atoms with E-state index in [4.69, 9.17) is 0 Å². The molecule has 3 heteroatoms. The standard InChI is InChI=1S/C14H19N3/c1-9-10(2)16-13-7-6-11(17(4)5)8-12(13)14(9)15-3/h6-8H,1-5H3,(H,15,16). The molecule has 0 saturated carbocycles. The third kappa shape index (κ3) is 1.93. The third-order valence-electron chi connectivity index (χ3n) is 3.22. The summed E-state index contributed by atoms with van der Waals surface area (Å²) in [6, 6.07) is 6.36. The Morgan fingerprint density at radius 2 is 1.88 bits per heavy atom. The van der Waals surface area contributed by atoms with E-state index in [1.54, 1.807) is 0 Å². The highest BCUT2D eigenvalue weighted by Gasteiger charge is 2.09. The van der Waals surface area contributed by atoms with Gasteiger partial charge in [-0.25, -0.2) is 0 Å². The number of pyridine rings is 1. The van der Waals surface area contributed by atoms with Crippen LogP contribution in [0.1, 0.15) is 11.3 Å². The second-order valence-electron chi connectivity index (χ2n) is 4.54. The molecule has 0 bridgehead atoms. The minimum absolute atomic E-state index is 1.04. The summed E-state index contributed by atoms with van der Waals surface area (Å²) >= 11 is 0. The van der Waals surface area contributed by atoms with Crippen molar-refractivity contribution in [1.82, 2.24) is 4.98 Å². The molecule has 17 heavy (non-hydrogen) atoms. The van der Waals surface area contributed by atoms with E-state index in [-0.39, 0.29) is 0 Å². The Morgan fingerprint density at radius 3 is 2.47 bits per heavy atom. The van der Waals surface area contributed by atoms with Crippen LogP contribution in [0.15, 0.2) is 18.2 Å². The molecule has 0 saturated heterocycles. The number of hydrogen-bond acceptors (Lipinski definition) is 3. The van der Waals surface area contributed by atoms with Crippen LogP contribution < -0.4 is 10.2 Å². The lowest BCUT2D eigenvalue weighted by atomic mass is 10.1. The van der Waals surface area contributed by atoms with Gasteiger partial charge < -0.3 is 10.2 Å². The first-order valence-corrected chi connectivity index (χ1v) is 5.80. The van der Waals surface area contributed by atoms with Crippen molar-refractivity contribution in [2.24, 2.45) is 0 Å². The van der Waals surface area contributed by atoms with E-state index in [2.05, 4.69) is 61.3 Å². The molecule has 0 aliphatic carbocycles. The fourth-order valence-corrected chi connectivity index (χ4v) is 2.07. The normalized spacial score (nSPS) is 10.6. The Morgan fingerprint density at radius 1 is 1.18 bits per heavy atom. The van der Waals surface area contributed by atoms with Crippen molar-refractivity contribution in [3.8, 4) is 0 Å². The Labute approximate surface area is 102 Å². The van der Waals surface area contributed by atoms with Crippen LogP contribution in [0.4, 0.5) is 11.4 Å². The van der Waals surface area contributed by atoms with Crippen molar-refractivity contribution in [2.45, 2.75) is 13.8 Å². The molecule has 0 radical (unpaired) electrons. The molecule has 90 valence electrons. The first-order chi connectivity index (χ1) is 8.04. The smallest absolute Gasteiger partial charge is 0.0727 e. The number of nitrogens with zero attached hydrogens (tertiary/aromatic N) is 2. The topological polar surface area (TPSA) is 28.2 Å². The Hall–Kier alpha value is -1.77. The molecule has 0 aliphatic rings. The molecule has 1 N–H and O–H groups in total. The minimum atomic E-state index is 1.04. The quantitative estimate of drug-likeness (QED) is 0.858. The number of anilines is 2. The molecule has 0 unspecified atom stereocenters. The van der Waals surface area contributed by atoms with Crippen LogP contribution in [-0.4, -0.2) is 26.1 Å². The average molecular weight is 229 g/mol. The van der Waals surface area contributed by atoms with Crippen LogP contribution in [0.5, 0.6) is 0 Å². The fraction of sp³-hybridized carbons (Fsp3) is 0.357. The SMILES string of the molecule is CNc1c(C)c(C)nc2ccc(N(C)C)cc12. The zero-order valence-electron chi connectivity index (χ0n) is 11.1. The molecular weight excluding hydrogens is 210 g/mol. The van der Waals surface area contributed by atoms with Gasteiger partial charge in [-0.1, -0.05) is 0 Å². The van der Waals surface area contributed by atoms with Gasteiger partial charge in [-0.2, -0.15) is 0 Å². The molecule has 1 aromatic carbocycles. The van der Waals surface area contributed by atoms with Gasteiger partial charge in [0.05, 0.1) is 5.52 Å². The van der Waals surface area contributed by atoms with Gasteiger partial charge in [0.25, 0.3) is 0 Å². The average Bonchev–Trinajstić information content (AvgIpc) is 2.30. The Balaban J connectivity index is 2.79. The van der Waals surface area contributed by atoms with Gasteiger partial charge in [-0.05, 0) is 37.6 Å². The van der Waals surface area contributed by atoms with Gasteiger partial charge in [0, 0.05) is 43.6 Å². The minimum Gasteiger partial charge on any atom is -0.387 e. The first-order valence-electron chi connectivity index (χ1n) is 5.80. The van der Waals surface area contributed by atoms with E-state index in [9.17, 15) is 0 Å². The summed E-state index contributed by atoms with van der Waals surface area (Å²) in [5, 5.41) is 4.47. The van der Waals surface area contributed by atoms with E-state index in [0.717, 1.165) is 11.2 Å². The van der Waals surface area contributed by atoms with Gasteiger partial charge in [-0.15, -0.1) is 0 Å².